The number of allylic oxidation sites excluding steroid dienone is 1. The second-order valence-corrected chi connectivity index (χ2v) is 8.77. The number of rotatable bonds is 0. The number of carbonyl (C=O) groups is 1. The van der Waals surface area contributed by atoms with E-state index in [4.69, 9.17) is 0 Å². The molecule has 0 aromatic heterocycles. The van der Waals surface area contributed by atoms with Gasteiger partial charge in [-0.05, 0) is 61.7 Å². The minimum absolute atomic E-state index is 0.0622. The summed E-state index contributed by atoms with van der Waals surface area (Å²) in [7, 11) is 0. The highest BCUT2D eigenvalue weighted by Gasteiger charge is 2.60. The predicted molar refractivity (Wildman–Crippen MR) is 84.1 cm³/mol. The zero-order chi connectivity index (χ0) is 15.7. The monoisotopic (exact) mass is 304 g/mol. The fourth-order valence-corrected chi connectivity index (χ4v) is 6.41. The van der Waals surface area contributed by atoms with E-state index in [9.17, 15) is 15.0 Å². The summed E-state index contributed by atoms with van der Waals surface area (Å²) in [5.74, 6) is 1.56. The number of aliphatic hydroxyl groups excluding tert-OH is 2. The SMILES string of the molecule is C[C@]12CC[C@H]3[C@@H](CC=C4C[C@H](O)CC[C@@]43C)[C@@H]1CC(=O)[C@H]2O. The molecular formula is C19H28O3. The van der Waals surface area contributed by atoms with Crippen molar-refractivity contribution in [3.05, 3.63) is 11.6 Å². The molecule has 0 aromatic carbocycles. The van der Waals surface area contributed by atoms with Crippen LogP contribution < -0.4 is 0 Å². The van der Waals surface area contributed by atoms with Gasteiger partial charge in [-0.25, -0.2) is 0 Å². The van der Waals surface area contributed by atoms with E-state index in [0.717, 1.165) is 38.5 Å². The number of aliphatic hydroxyl groups is 2. The Labute approximate surface area is 132 Å². The van der Waals surface area contributed by atoms with Gasteiger partial charge in [-0.15, -0.1) is 0 Å². The molecule has 0 amide bonds. The highest BCUT2D eigenvalue weighted by molar-refractivity contribution is 5.86. The van der Waals surface area contributed by atoms with Gasteiger partial charge in [-0.2, -0.15) is 0 Å². The van der Waals surface area contributed by atoms with Crippen molar-refractivity contribution in [2.45, 2.75) is 71.0 Å². The summed E-state index contributed by atoms with van der Waals surface area (Å²) in [6.45, 7) is 4.52. The van der Waals surface area contributed by atoms with Crippen LogP contribution in [0, 0.1) is 28.6 Å². The van der Waals surface area contributed by atoms with Crippen molar-refractivity contribution in [2.24, 2.45) is 28.6 Å². The van der Waals surface area contributed by atoms with Crippen molar-refractivity contribution >= 4 is 5.78 Å². The van der Waals surface area contributed by atoms with E-state index in [1.54, 1.807) is 0 Å². The molecule has 4 aliphatic rings. The van der Waals surface area contributed by atoms with Gasteiger partial charge in [0.2, 0.25) is 0 Å². The number of fused-ring (bicyclic) bond motifs is 5. The fourth-order valence-electron chi connectivity index (χ4n) is 6.41. The van der Waals surface area contributed by atoms with E-state index in [1.165, 1.54) is 5.57 Å². The van der Waals surface area contributed by atoms with Gasteiger partial charge >= 0.3 is 0 Å². The Kier molecular flexibility index (Phi) is 3.16. The summed E-state index contributed by atoms with van der Waals surface area (Å²) >= 11 is 0. The lowest BCUT2D eigenvalue weighted by Gasteiger charge is -2.57. The number of hydrogen-bond acceptors (Lipinski definition) is 3. The van der Waals surface area contributed by atoms with Gasteiger partial charge in [0.15, 0.2) is 5.78 Å². The second-order valence-electron chi connectivity index (χ2n) is 8.77. The van der Waals surface area contributed by atoms with Crippen molar-refractivity contribution in [2.75, 3.05) is 0 Å². The van der Waals surface area contributed by atoms with Crippen molar-refractivity contribution in [3.8, 4) is 0 Å². The molecule has 4 rings (SSSR count). The van der Waals surface area contributed by atoms with Gasteiger partial charge in [-0.1, -0.05) is 25.5 Å². The normalized spacial score (nSPS) is 54.3. The molecule has 3 nitrogen and oxygen atoms in total. The molecule has 22 heavy (non-hydrogen) atoms. The van der Waals surface area contributed by atoms with E-state index >= 15 is 0 Å². The van der Waals surface area contributed by atoms with Crippen molar-refractivity contribution in [1.29, 1.82) is 0 Å². The first-order chi connectivity index (χ1) is 10.4. The maximum Gasteiger partial charge on any atom is 0.162 e. The maximum atomic E-state index is 12.1. The molecular weight excluding hydrogens is 276 g/mol. The maximum absolute atomic E-state index is 12.1. The Bertz CT molecular complexity index is 539. The zero-order valence-electron chi connectivity index (χ0n) is 13.7. The van der Waals surface area contributed by atoms with Gasteiger partial charge in [0.1, 0.15) is 6.10 Å². The van der Waals surface area contributed by atoms with Crippen LogP contribution in [0.3, 0.4) is 0 Å². The number of Topliss-reactive ketones (excluding diaryl/α,β-unsaturated/α-hetero) is 1. The first kappa shape index (κ1) is 14.9. The van der Waals surface area contributed by atoms with Crippen molar-refractivity contribution in [1.82, 2.24) is 0 Å². The molecule has 0 aliphatic heterocycles. The van der Waals surface area contributed by atoms with Gasteiger partial charge in [0.25, 0.3) is 0 Å². The number of carbonyl (C=O) groups excluding carboxylic acids is 1. The third-order valence-corrected chi connectivity index (χ3v) is 7.87. The smallest absolute Gasteiger partial charge is 0.162 e. The molecule has 0 aromatic rings. The van der Waals surface area contributed by atoms with Crippen LogP contribution in [0.4, 0.5) is 0 Å². The average molecular weight is 304 g/mol. The first-order valence-electron chi connectivity index (χ1n) is 8.94. The summed E-state index contributed by atoms with van der Waals surface area (Å²) < 4.78 is 0. The molecule has 3 saturated carbocycles. The summed E-state index contributed by atoms with van der Waals surface area (Å²) in [6.07, 6.45) is 7.95. The molecule has 0 heterocycles. The Morgan fingerprint density at radius 2 is 1.86 bits per heavy atom. The second kappa shape index (κ2) is 4.67. The topological polar surface area (TPSA) is 57.5 Å². The third kappa shape index (κ3) is 1.78. The van der Waals surface area contributed by atoms with Crippen molar-refractivity contribution in [3.63, 3.8) is 0 Å². The van der Waals surface area contributed by atoms with Crippen LogP contribution in [0.1, 0.15) is 58.8 Å². The molecule has 0 radical (unpaired) electrons. The molecule has 2 N–H and O–H groups in total. The van der Waals surface area contributed by atoms with Crippen LogP contribution in [0.15, 0.2) is 11.6 Å². The predicted octanol–water partition coefficient (Wildman–Crippen LogP) is 2.85. The van der Waals surface area contributed by atoms with Gasteiger partial charge < -0.3 is 10.2 Å². The van der Waals surface area contributed by atoms with E-state index < -0.39 is 6.10 Å². The molecule has 0 unspecified atom stereocenters. The standard InChI is InChI=1S/C19H28O3/c1-18-7-5-12(20)9-11(18)3-4-13-14(18)6-8-19(2)15(13)10-16(21)17(19)22/h3,12-15,17,20,22H,4-10H2,1-2H3/t12-,13-,14+,15+,17-,18+,19+/m1/s1. The lowest BCUT2D eigenvalue weighted by Crippen LogP contribution is -2.51. The molecule has 7 atom stereocenters. The highest BCUT2D eigenvalue weighted by Crippen LogP contribution is 2.64. The van der Waals surface area contributed by atoms with E-state index in [0.29, 0.717) is 24.2 Å². The third-order valence-electron chi connectivity index (χ3n) is 7.87. The summed E-state index contributed by atoms with van der Waals surface area (Å²) in [5.41, 5.74) is 1.47. The molecule has 3 heteroatoms. The molecule has 122 valence electrons. The Morgan fingerprint density at radius 3 is 2.64 bits per heavy atom. The van der Waals surface area contributed by atoms with Gasteiger partial charge in [0, 0.05) is 11.8 Å². The van der Waals surface area contributed by atoms with Crippen LogP contribution >= 0.6 is 0 Å². The lowest BCUT2D eigenvalue weighted by atomic mass is 9.48. The van der Waals surface area contributed by atoms with Crippen LogP contribution in [0.25, 0.3) is 0 Å². The molecule has 0 spiro atoms. The van der Waals surface area contributed by atoms with E-state index in [2.05, 4.69) is 19.9 Å². The average Bonchev–Trinajstić information content (AvgIpc) is 2.72. The molecule has 0 bridgehead atoms. The Morgan fingerprint density at radius 1 is 1.09 bits per heavy atom. The van der Waals surface area contributed by atoms with Crippen LogP contribution in [-0.2, 0) is 4.79 Å². The fraction of sp³-hybridized carbons (Fsp3) is 0.842. The van der Waals surface area contributed by atoms with Gasteiger partial charge in [-0.3, -0.25) is 4.79 Å². The van der Waals surface area contributed by atoms with Crippen LogP contribution in [-0.4, -0.2) is 28.2 Å². The van der Waals surface area contributed by atoms with Crippen LogP contribution in [0.2, 0.25) is 0 Å². The van der Waals surface area contributed by atoms with E-state index in [-0.39, 0.29) is 22.7 Å². The van der Waals surface area contributed by atoms with E-state index in [1.807, 2.05) is 0 Å². The zero-order valence-corrected chi connectivity index (χ0v) is 13.7. The highest BCUT2D eigenvalue weighted by atomic mass is 16.3. The largest absolute Gasteiger partial charge is 0.393 e. The van der Waals surface area contributed by atoms with Crippen molar-refractivity contribution < 1.29 is 15.0 Å². The summed E-state index contributed by atoms with van der Waals surface area (Å²) in [4.78, 5) is 12.1. The first-order valence-corrected chi connectivity index (χ1v) is 8.94. The molecule has 3 fully saturated rings. The number of hydrogen-bond donors (Lipinski definition) is 2. The van der Waals surface area contributed by atoms with Crippen LogP contribution in [0.5, 0.6) is 0 Å². The number of ketones is 1. The lowest BCUT2D eigenvalue weighted by molar-refractivity contribution is -0.128. The summed E-state index contributed by atoms with van der Waals surface area (Å²) in [5, 5.41) is 20.4. The molecule has 4 aliphatic carbocycles. The minimum atomic E-state index is -0.746. The quantitative estimate of drug-likeness (QED) is 0.677. The Balaban J connectivity index is 1.70. The Hall–Kier alpha value is -0.670. The minimum Gasteiger partial charge on any atom is -0.393 e. The molecule has 0 saturated heterocycles. The van der Waals surface area contributed by atoms with Gasteiger partial charge in [0.05, 0.1) is 6.10 Å². The summed E-state index contributed by atoms with van der Waals surface area (Å²) in [6, 6.07) is 0.